The number of rotatable bonds is 7. The fraction of sp³-hybridized carbons (Fsp3) is 0.333. The van der Waals surface area contributed by atoms with E-state index < -0.39 is 17.2 Å². The van der Waals surface area contributed by atoms with E-state index in [1.165, 1.54) is 6.20 Å². The summed E-state index contributed by atoms with van der Waals surface area (Å²) in [5.74, 6) is -0.730. The van der Waals surface area contributed by atoms with Gasteiger partial charge in [-0.2, -0.15) is 0 Å². The first-order valence-electron chi connectivity index (χ1n) is 13.6. The number of carbonyl (C=O) groups excluding carboxylic acids is 1. The number of amides is 1. The zero-order valence-electron chi connectivity index (χ0n) is 22.7. The van der Waals surface area contributed by atoms with Crippen LogP contribution < -0.4 is 31.8 Å². The Kier molecular flexibility index (Phi) is 6.59. The van der Waals surface area contributed by atoms with Gasteiger partial charge in [0.15, 0.2) is 17.3 Å². The van der Waals surface area contributed by atoms with Crippen LogP contribution >= 0.6 is 0 Å². The molecule has 1 saturated heterocycles. The Bertz CT molecular complexity index is 1720. The van der Waals surface area contributed by atoms with Gasteiger partial charge in [-0.25, -0.2) is 4.39 Å². The minimum Gasteiger partial charge on any atom is -0.451 e. The normalized spacial score (nSPS) is 16.0. The maximum Gasteiger partial charge on any atom is 0.256 e. The second kappa shape index (κ2) is 10.1. The van der Waals surface area contributed by atoms with Crippen LogP contribution in [0.3, 0.4) is 0 Å². The highest BCUT2D eigenvalue weighted by atomic mass is 19.1. The Labute approximate surface area is 231 Å². The summed E-state index contributed by atoms with van der Waals surface area (Å²) in [4.78, 5) is 31.3. The van der Waals surface area contributed by atoms with Gasteiger partial charge < -0.3 is 35.9 Å². The number of nitrogens with two attached hydrogens (primary N) is 2. The van der Waals surface area contributed by atoms with Crippen molar-refractivity contribution in [2.24, 2.45) is 5.73 Å². The molecule has 1 aromatic heterocycles. The molecule has 40 heavy (non-hydrogen) atoms. The number of carbonyl (C=O) groups is 1. The number of ether oxygens (including phenoxy) is 1. The summed E-state index contributed by atoms with van der Waals surface area (Å²) in [5.41, 5.74) is 12.7. The SMILES string of the molecule is CN(C)CCCCNC(=O)c1cn2c3c(c(N)c(F)c(N4CC[C@H](N)C4)c3c1=O)Oc1cc3ccccc3cc1-2. The van der Waals surface area contributed by atoms with E-state index in [1.54, 1.807) is 9.47 Å². The van der Waals surface area contributed by atoms with Gasteiger partial charge in [0.25, 0.3) is 5.91 Å². The van der Waals surface area contributed by atoms with Crippen LogP contribution in [0.15, 0.2) is 47.4 Å². The lowest BCUT2D eigenvalue weighted by Crippen LogP contribution is -2.33. The molecule has 5 N–H and O–H groups in total. The third-order valence-corrected chi connectivity index (χ3v) is 7.75. The molecule has 2 aliphatic heterocycles. The largest absolute Gasteiger partial charge is 0.451 e. The third-order valence-electron chi connectivity index (χ3n) is 7.75. The number of anilines is 2. The summed E-state index contributed by atoms with van der Waals surface area (Å²) >= 11 is 0. The van der Waals surface area contributed by atoms with E-state index in [0.29, 0.717) is 43.0 Å². The van der Waals surface area contributed by atoms with Crippen molar-refractivity contribution in [1.29, 1.82) is 0 Å². The maximum absolute atomic E-state index is 16.1. The van der Waals surface area contributed by atoms with Gasteiger partial charge in [0.2, 0.25) is 5.43 Å². The number of hydrogen-bond donors (Lipinski definition) is 3. The summed E-state index contributed by atoms with van der Waals surface area (Å²) in [5, 5.41) is 4.83. The minimum absolute atomic E-state index is 0.0647. The number of nitrogens with one attached hydrogen (secondary N) is 1. The number of hydrogen-bond acceptors (Lipinski definition) is 7. The summed E-state index contributed by atoms with van der Waals surface area (Å²) in [7, 11) is 3.99. The maximum atomic E-state index is 16.1. The van der Waals surface area contributed by atoms with Crippen LogP contribution in [0.2, 0.25) is 0 Å². The molecule has 9 nitrogen and oxygen atoms in total. The highest BCUT2D eigenvalue weighted by molar-refractivity contribution is 6.07. The van der Waals surface area contributed by atoms with E-state index in [-0.39, 0.29) is 34.1 Å². The minimum atomic E-state index is -0.745. The van der Waals surface area contributed by atoms with E-state index in [1.807, 2.05) is 50.5 Å². The van der Waals surface area contributed by atoms with Gasteiger partial charge in [-0.15, -0.1) is 0 Å². The van der Waals surface area contributed by atoms with Crippen molar-refractivity contribution < 1.29 is 13.9 Å². The average Bonchev–Trinajstić information content (AvgIpc) is 3.36. The summed E-state index contributed by atoms with van der Waals surface area (Å²) < 4.78 is 24.0. The van der Waals surface area contributed by atoms with Crippen molar-refractivity contribution in [3.05, 3.63) is 64.2 Å². The zero-order chi connectivity index (χ0) is 28.1. The fourth-order valence-electron chi connectivity index (χ4n) is 5.70. The topological polar surface area (TPSA) is 119 Å². The molecule has 0 spiro atoms. The van der Waals surface area contributed by atoms with E-state index in [2.05, 4.69) is 10.2 Å². The molecule has 6 rings (SSSR count). The number of aromatic nitrogens is 1. The third kappa shape index (κ3) is 4.33. The lowest BCUT2D eigenvalue weighted by atomic mass is 10.0. The van der Waals surface area contributed by atoms with Gasteiger partial charge in [0, 0.05) is 31.9 Å². The Morgan fingerprint density at radius 3 is 2.65 bits per heavy atom. The van der Waals surface area contributed by atoms with Crippen LogP contribution in [0.1, 0.15) is 29.6 Å². The molecule has 0 radical (unpaired) electrons. The summed E-state index contributed by atoms with van der Waals surface area (Å²) in [6, 6.07) is 11.4. The van der Waals surface area contributed by atoms with Crippen molar-refractivity contribution >= 4 is 39.0 Å². The number of nitrogens with zero attached hydrogens (tertiary/aromatic N) is 3. The highest BCUT2D eigenvalue weighted by Gasteiger charge is 2.34. The van der Waals surface area contributed by atoms with E-state index >= 15 is 4.39 Å². The molecular weight excluding hydrogens is 511 g/mol. The Hall–Kier alpha value is -4.15. The second-order valence-electron chi connectivity index (χ2n) is 10.9. The van der Waals surface area contributed by atoms with Crippen LogP contribution in [0.25, 0.3) is 27.4 Å². The molecule has 0 saturated carbocycles. The van der Waals surface area contributed by atoms with Gasteiger partial charge in [-0.1, -0.05) is 24.3 Å². The van der Waals surface area contributed by atoms with Crippen molar-refractivity contribution in [2.45, 2.75) is 25.3 Å². The number of unbranched alkanes of at least 4 members (excludes halogenated alkanes) is 1. The van der Waals surface area contributed by atoms with Crippen molar-refractivity contribution in [1.82, 2.24) is 14.8 Å². The summed E-state index contributed by atoms with van der Waals surface area (Å²) in [6.45, 7) is 2.16. The number of fused-ring (bicyclic) bond motifs is 3. The van der Waals surface area contributed by atoms with Crippen molar-refractivity contribution in [3.63, 3.8) is 0 Å². The van der Waals surface area contributed by atoms with Crippen LogP contribution in [0.4, 0.5) is 15.8 Å². The first-order chi connectivity index (χ1) is 19.2. The first kappa shape index (κ1) is 26.1. The molecule has 0 aliphatic carbocycles. The molecule has 10 heteroatoms. The molecule has 3 heterocycles. The molecule has 3 aromatic carbocycles. The lowest BCUT2D eigenvalue weighted by molar-refractivity contribution is 0.0951. The highest BCUT2D eigenvalue weighted by Crippen LogP contribution is 2.48. The molecule has 2 aliphatic rings. The van der Waals surface area contributed by atoms with E-state index in [9.17, 15) is 9.59 Å². The predicted molar refractivity (Wildman–Crippen MR) is 156 cm³/mol. The molecular formula is C30H33FN6O3. The number of benzene rings is 3. The van der Waals surface area contributed by atoms with Gasteiger partial charge in [0.05, 0.1) is 16.8 Å². The molecule has 0 unspecified atom stereocenters. The quantitative estimate of drug-likeness (QED) is 0.212. The van der Waals surface area contributed by atoms with E-state index in [4.69, 9.17) is 16.2 Å². The molecule has 208 valence electrons. The van der Waals surface area contributed by atoms with Crippen molar-refractivity contribution in [2.75, 3.05) is 50.9 Å². The smallest absolute Gasteiger partial charge is 0.256 e. The van der Waals surface area contributed by atoms with Crippen LogP contribution in [-0.2, 0) is 0 Å². The summed E-state index contributed by atoms with van der Waals surface area (Å²) in [6.07, 6.45) is 3.84. The zero-order valence-corrected chi connectivity index (χ0v) is 22.7. The Balaban J connectivity index is 1.56. The van der Waals surface area contributed by atoms with Gasteiger partial charge in [-0.05, 0) is 62.8 Å². The monoisotopic (exact) mass is 544 g/mol. The van der Waals surface area contributed by atoms with Gasteiger partial charge in [-0.3, -0.25) is 9.59 Å². The molecule has 1 fully saturated rings. The molecule has 0 bridgehead atoms. The van der Waals surface area contributed by atoms with Crippen LogP contribution in [-0.4, -0.2) is 61.7 Å². The van der Waals surface area contributed by atoms with Crippen LogP contribution in [0, 0.1) is 5.82 Å². The van der Waals surface area contributed by atoms with Gasteiger partial charge in [0.1, 0.15) is 16.8 Å². The molecule has 1 amide bonds. The van der Waals surface area contributed by atoms with Gasteiger partial charge >= 0.3 is 0 Å². The number of halogens is 1. The fourth-order valence-corrected chi connectivity index (χ4v) is 5.70. The van der Waals surface area contributed by atoms with Crippen molar-refractivity contribution in [3.8, 4) is 17.2 Å². The lowest BCUT2D eigenvalue weighted by Gasteiger charge is -2.29. The number of nitrogen functional groups attached to an aromatic ring is 1. The number of pyridine rings is 1. The second-order valence-corrected chi connectivity index (χ2v) is 10.9. The molecule has 4 aromatic rings. The average molecular weight is 545 g/mol. The molecule has 1 atom stereocenters. The first-order valence-corrected chi connectivity index (χ1v) is 13.6. The Morgan fingerprint density at radius 1 is 1.20 bits per heavy atom. The standard InChI is InChI=1S/C30H33FN6O3/c1-35(2)11-6-5-10-34-30(39)20-16-37-21-13-17-7-3-4-8-18(17)14-22(21)40-29-25(33)24(31)26(23(27(29)37)28(20)38)36-12-9-19(32)15-36/h3-4,7-8,13-14,16,19H,5-6,9-12,15,32-33H2,1-2H3,(H,34,39)/t19-/m0/s1. The van der Waals surface area contributed by atoms with Crippen LogP contribution in [0.5, 0.6) is 11.5 Å². The van der Waals surface area contributed by atoms with E-state index in [0.717, 1.165) is 30.2 Å². The predicted octanol–water partition coefficient (Wildman–Crippen LogP) is 3.58. The Morgan fingerprint density at radius 2 is 1.95 bits per heavy atom.